The first-order valence-corrected chi connectivity index (χ1v) is 5.48. The Bertz CT molecular complexity index is 139. The van der Waals surface area contributed by atoms with E-state index in [4.69, 9.17) is 4.74 Å². The number of hydrogen-bond acceptors (Lipinski definition) is 2. The summed E-state index contributed by atoms with van der Waals surface area (Å²) in [6, 6.07) is 0.814. The summed E-state index contributed by atoms with van der Waals surface area (Å²) in [6.45, 7) is 6.53. The molecule has 0 unspecified atom stereocenters. The maximum atomic E-state index is 5.30. The predicted molar refractivity (Wildman–Crippen MR) is 55.9 cm³/mol. The van der Waals surface area contributed by atoms with Gasteiger partial charge >= 0.3 is 0 Å². The summed E-state index contributed by atoms with van der Waals surface area (Å²) in [4.78, 5) is 0. The van der Waals surface area contributed by atoms with E-state index in [0.29, 0.717) is 5.41 Å². The van der Waals surface area contributed by atoms with E-state index in [-0.39, 0.29) is 0 Å². The molecule has 0 heterocycles. The van der Waals surface area contributed by atoms with Gasteiger partial charge in [-0.1, -0.05) is 13.8 Å². The van der Waals surface area contributed by atoms with Crippen LogP contribution in [0.2, 0.25) is 0 Å². The Morgan fingerprint density at radius 2 is 1.92 bits per heavy atom. The maximum Gasteiger partial charge on any atom is 0.0530 e. The van der Waals surface area contributed by atoms with Crippen molar-refractivity contribution in [3.05, 3.63) is 0 Å². The Balaban J connectivity index is 2.32. The van der Waals surface area contributed by atoms with Gasteiger partial charge in [0, 0.05) is 25.1 Å². The highest BCUT2D eigenvalue weighted by Gasteiger charge is 2.29. The highest BCUT2D eigenvalue weighted by Crippen LogP contribution is 2.28. The van der Waals surface area contributed by atoms with Crippen molar-refractivity contribution < 1.29 is 4.74 Å². The van der Waals surface area contributed by atoms with Crippen LogP contribution in [-0.2, 0) is 4.74 Å². The third kappa shape index (κ3) is 3.28. The third-order valence-electron chi connectivity index (χ3n) is 3.29. The Labute approximate surface area is 82.0 Å². The molecule has 0 aromatic heterocycles. The van der Waals surface area contributed by atoms with E-state index in [1.807, 2.05) is 0 Å². The van der Waals surface area contributed by atoms with E-state index in [1.54, 1.807) is 7.11 Å². The van der Waals surface area contributed by atoms with Crippen molar-refractivity contribution in [2.75, 3.05) is 20.3 Å². The van der Waals surface area contributed by atoms with Gasteiger partial charge in [-0.05, 0) is 25.7 Å². The minimum Gasteiger partial charge on any atom is -0.384 e. The van der Waals surface area contributed by atoms with Crippen LogP contribution in [0.15, 0.2) is 0 Å². The molecule has 1 N–H and O–H groups in total. The summed E-state index contributed by atoms with van der Waals surface area (Å²) in [5.74, 6) is 0. The average Bonchev–Trinajstić information content (AvgIpc) is 2.96. The average molecular weight is 185 g/mol. The largest absolute Gasteiger partial charge is 0.384 e. The second-order valence-electron chi connectivity index (χ2n) is 4.30. The quantitative estimate of drug-likeness (QED) is 0.656. The van der Waals surface area contributed by atoms with E-state index in [9.17, 15) is 0 Å². The molecule has 0 bridgehead atoms. The van der Waals surface area contributed by atoms with E-state index in [0.717, 1.165) is 19.2 Å². The highest BCUT2D eigenvalue weighted by atomic mass is 16.5. The first-order chi connectivity index (χ1) is 6.26. The number of ether oxygens (including phenoxy) is 1. The van der Waals surface area contributed by atoms with E-state index >= 15 is 0 Å². The summed E-state index contributed by atoms with van der Waals surface area (Å²) < 4.78 is 5.30. The van der Waals surface area contributed by atoms with Gasteiger partial charge in [0.1, 0.15) is 0 Å². The minimum atomic E-state index is 0.372. The van der Waals surface area contributed by atoms with Crippen molar-refractivity contribution >= 4 is 0 Å². The van der Waals surface area contributed by atoms with Crippen molar-refractivity contribution in [3.63, 3.8) is 0 Å². The number of rotatable bonds is 7. The zero-order valence-electron chi connectivity index (χ0n) is 9.23. The fraction of sp³-hybridized carbons (Fsp3) is 1.00. The number of nitrogens with one attached hydrogen (secondary N) is 1. The lowest BCUT2D eigenvalue weighted by Crippen LogP contribution is -2.38. The van der Waals surface area contributed by atoms with Gasteiger partial charge in [-0.3, -0.25) is 0 Å². The molecule has 78 valence electrons. The molecule has 0 aromatic carbocycles. The van der Waals surface area contributed by atoms with Crippen LogP contribution in [0.3, 0.4) is 0 Å². The summed E-state index contributed by atoms with van der Waals surface area (Å²) >= 11 is 0. The van der Waals surface area contributed by atoms with Gasteiger partial charge in [0.25, 0.3) is 0 Å². The molecule has 0 radical (unpaired) electrons. The molecule has 0 amide bonds. The van der Waals surface area contributed by atoms with Crippen LogP contribution >= 0.6 is 0 Å². The fourth-order valence-corrected chi connectivity index (χ4v) is 1.71. The van der Waals surface area contributed by atoms with Gasteiger partial charge in [-0.15, -0.1) is 0 Å². The molecular weight excluding hydrogens is 162 g/mol. The van der Waals surface area contributed by atoms with Crippen LogP contribution in [0.4, 0.5) is 0 Å². The summed E-state index contributed by atoms with van der Waals surface area (Å²) in [7, 11) is 1.80. The topological polar surface area (TPSA) is 21.3 Å². The van der Waals surface area contributed by atoms with Gasteiger partial charge in [-0.25, -0.2) is 0 Å². The zero-order chi connectivity index (χ0) is 9.73. The monoisotopic (exact) mass is 185 g/mol. The van der Waals surface area contributed by atoms with Crippen LogP contribution in [0, 0.1) is 5.41 Å². The Morgan fingerprint density at radius 3 is 2.31 bits per heavy atom. The Morgan fingerprint density at radius 1 is 1.31 bits per heavy atom. The first-order valence-electron chi connectivity index (χ1n) is 5.48. The van der Waals surface area contributed by atoms with Crippen molar-refractivity contribution in [2.45, 2.75) is 45.6 Å². The second kappa shape index (κ2) is 4.97. The van der Waals surface area contributed by atoms with Crippen LogP contribution in [0.1, 0.15) is 39.5 Å². The van der Waals surface area contributed by atoms with Gasteiger partial charge < -0.3 is 10.1 Å². The van der Waals surface area contributed by atoms with Crippen LogP contribution in [0.5, 0.6) is 0 Å². The summed E-state index contributed by atoms with van der Waals surface area (Å²) in [5, 5.41) is 3.60. The molecule has 0 aliphatic heterocycles. The molecule has 0 aromatic rings. The van der Waals surface area contributed by atoms with Gasteiger partial charge in [0.2, 0.25) is 0 Å². The lowest BCUT2D eigenvalue weighted by atomic mass is 9.83. The molecule has 0 spiro atoms. The van der Waals surface area contributed by atoms with Crippen molar-refractivity contribution in [1.82, 2.24) is 5.32 Å². The second-order valence-corrected chi connectivity index (χ2v) is 4.30. The van der Waals surface area contributed by atoms with Gasteiger partial charge in [0.05, 0.1) is 6.61 Å². The molecule has 1 aliphatic rings. The lowest BCUT2D eigenvalue weighted by Gasteiger charge is -2.31. The van der Waals surface area contributed by atoms with Crippen molar-refractivity contribution in [2.24, 2.45) is 5.41 Å². The standard InChI is InChI=1S/C11H23NO/c1-4-11(5-2,9-13-3)8-12-10-6-7-10/h10,12H,4-9H2,1-3H3. The van der Waals surface area contributed by atoms with Gasteiger partial charge in [0.15, 0.2) is 0 Å². The minimum absolute atomic E-state index is 0.372. The Hall–Kier alpha value is -0.0800. The van der Waals surface area contributed by atoms with Crippen LogP contribution in [0.25, 0.3) is 0 Å². The van der Waals surface area contributed by atoms with E-state index < -0.39 is 0 Å². The molecule has 1 rings (SSSR count). The normalized spacial score (nSPS) is 17.8. The molecule has 1 aliphatic carbocycles. The van der Waals surface area contributed by atoms with Crippen molar-refractivity contribution in [1.29, 1.82) is 0 Å². The van der Waals surface area contributed by atoms with Crippen molar-refractivity contribution in [3.8, 4) is 0 Å². The molecular formula is C11H23NO. The number of methoxy groups -OCH3 is 1. The molecule has 0 saturated heterocycles. The summed E-state index contributed by atoms with van der Waals surface area (Å²) in [5.41, 5.74) is 0.372. The molecule has 13 heavy (non-hydrogen) atoms. The first kappa shape index (κ1) is 11.0. The fourth-order valence-electron chi connectivity index (χ4n) is 1.71. The van der Waals surface area contributed by atoms with Crippen LogP contribution in [-0.4, -0.2) is 26.3 Å². The molecule has 2 heteroatoms. The molecule has 1 saturated carbocycles. The lowest BCUT2D eigenvalue weighted by molar-refractivity contribution is 0.0713. The molecule has 1 fully saturated rings. The smallest absolute Gasteiger partial charge is 0.0530 e. The maximum absolute atomic E-state index is 5.30. The van der Waals surface area contributed by atoms with Gasteiger partial charge in [-0.2, -0.15) is 0 Å². The molecule has 2 nitrogen and oxygen atoms in total. The van der Waals surface area contributed by atoms with Crippen LogP contribution < -0.4 is 5.32 Å². The Kier molecular flexibility index (Phi) is 4.20. The van der Waals surface area contributed by atoms with E-state index in [1.165, 1.54) is 25.7 Å². The highest BCUT2D eigenvalue weighted by molar-refractivity contribution is 4.86. The summed E-state index contributed by atoms with van der Waals surface area (Å²) in [6.07, 6.45) is 5.15. The SMILES string of the molecule is CCC(CC)(CNC1CC1)COC. The number of hydrogen-bond donors (Lipinski definition) is 1. The molecule has 0 atom stereocenters. The zero-order valence-corrected chi connectivity index (χ0v) is 9.23. The van der Waals surface area contributed by atoms with E-state index in [2.05, 4.69) is 19.2 Å². The third-order valence-corrected chi connectivity index (χ3v) is 3.29. The predicted octanol–water partition coefficient (Wildman–Crippen LogP) is 2.19.